The third kappa shape index (κ3) is 5.32. The summed E-state index contributed by atoms with van der Waals surface area (Å²) in [7, 11) is -3.56. The minimum atomic E-state index is -3.56. The van der Waals surface area contributed by atoms with Crippen LogP contribution in [0.2, 0.25) is 10.0 Å². The van der Waals surface area contributed by atoms with Crippen LogP contribution >= 0.6 is 23.2 Å². The van der Waals surface area contributed by atoms with Crippen LogP contribution < -0.4 is 0 Å². The van der Waals surface area contributed by atoms with Crippen molar-refractivity contribution in [2.75, 3.05) is 45.9 Å². The Balaban J connectivity index is 1.60. The quantitative estimate of drug-likeness (QED) is 0.550. The van der Waals surface area contributed by atoms with Crippen LogP contribution in [0, 0.1) is 0 Å². The number of halogens is 2. The van der Waals surface area contributed by atoms with Gasteiger partial charge in [0, 0.05) is 31.6 Å². The molecule has 2 fully saturated rings. The van der Waals surface area contributed by atoms with Gasteiger partial charge in [0.15, 0.2) is 0 Å². The smallest absolute Gasteiger partial charge is 0.243 e. The Labute approximate surface area is 201 Å². The first-order valence-electron chi connectivity index (χ1n) is 11.2. The van der Waals surface area contributed by atoms with Crippen LogP contribution in [-0.2, 0) is 20.2 Å². The highest BCUT2D eigenvalue weighted by Crippen LogP contribution is 2.41. The van der Waals surface area contributed by atoms with E-state index in [-0.39, 0.29) is 5.41 Å². The summed E-state index contributed by atoms with van der Waals surface area (Å²) in [6, 6.07) is 14.5. The number of ether oxygens (including phenoxy) is 1. The molecule has 2 aromatic rings. The molecule has 1 unspecified atom stereocenters. The van der Waals surface area contributed by atoms with Crippen LogP contribution in [0.3, 0.4) is 0 Å². The largest absolute Gasteiger partial charge is 0.379 e. The lowest BCUT2D eigenvalue weighted by Gasteiger charge is -2.43. The van der Waals surface area contributed by atoms with Crippen molar-refractivity contribution in [3.8, 4) is 0 Å². The predicted octanol–water partition coefficient (Wildman–Crippen LogP) is 4.83. The van der Waals surface area contributed by atoms with Crippen LogP contribution in [-0.4, -0.2) is 63.6 Å². The Morgan fingerprint density at radius 1 is 0.969 bits per heavy atom. The van der Waals surface area contributed by atoms with Crippen molar-refractivity contribution in [3.63, 3.8) is 0 Å². The normalized spacial score (nSPS) is 23.3. The summed E-state index contributed by atoms with van der Waals surface area (Å²) in [5, 5.41) is 1.03. The van der Waals surface area contributed by atoms with E-state index in [2.05, 4.69) is 4.90 Å². The molecule has 0 aliphatic carbocycles. The summed E-state index contributed by atoms with van der Waals surface area (Å²) in [6.45, 7) is 5.43. The second-order valence-corrected chi connectivity index (χ2v) is 11.5. The van der Waals surface area contributed by atoms with E-state index >= 15 is 0 Å². The van der Waals surface area contributed by atoms with Crippen molar-refractivity contribution in [1.29, 1.82) is 0 Å². The summed E-state index contributed by atoms with van der Waals surface area (Å²) in [5.74, 6) is 0. The second-order valence-electron chi connectivity index (χ2n) is 8.72. The zero-order chi connectivity index (χ0) is 22.6. The molecule has 0 spiro atoms. The zero-order valence-electron chi connectivity index (χ0n) is 18.2. The third-order valence-electron chi connectivity index (χ3n) is 6.69. The van der Waals surface area contributed by atoms with Gasteiger partial charge in [-0.2, -0.15) is 4.31 Å². The van der Waals surface area contributed by atoms with Crippen molar-refractivity contribution in [3.05, 3.63) is 64.1 Å². The number of piperidine rings is 1. The first-order valence-corrected chi connectivity index (χ1v) is 13.4. The third-order valence-corrected chi connectivity index (χ3v) is 9.29. The topological polar surface area (TPSA) is 49.9 Å². The van der Waals surface area contributed by atoms with Gasteiger partial charge in [0.2, 0.25) is 10.0 Å². The highest BCUT2D eigenvalue weighted by molar-refractivity contribution is 7.89. The van der Waals surface area contributed by atoms with Gasteiger partial charge in [0.25, 0.3) is 0 Å². The molecule has 2 aliphatic rings. The molecule has 2 aromatic carbocycles. The van der Waals surface area contributed by atoms with Crippen molar-refractivity contribution in [2.45, 2.75) is 36.0 Å². The van der Waals surface area contributed by atoms with Crippen LogP contribution in [0.4, 0.5) is 0 Å². The van der Waals surface area contributed by atoms with E-state index in [0.29, 0.717) is 28.0 Å². The maximum Gasteiger partial charge on any atom is 0.243 e. The highest BCUT2D eigenvalue weighted by Gasteiger charge is 2.41. The van der Waals surface area contributed by atoms with Crippen LogP contribution in [0.5, 0.6) is 0 Å². The van der Waals surface area contributed by atoms with E-state index in [1.807, 2.05) is 24.3 Å². The fourth-order valence-electron chi connectivity index (χ4n) is 4.91. The van der Waals surface area contributed by atoms with E-state index in [1.54, 1.807) is 28.6 Å². The van der Waals surface area contributed by atoms with Gasteiger partial charge >= 0.3 is 0 Å². The molecule has 0 bridgehead atoms. The molecule has 174 valence electrons. The molecule has 0 aromatic heterocycles. The van der Waals surface area contributed by atoms with Crippen LogP contribution in [0.1, 0.15) is 31.2 Å². The maximum absolute atomic E-state index is 13.4. The van der Waals surface area contributed by atoms with Crippen LogP contribution in [0.15, 0.2) is 53.4 Å². The first-order chi connectivity index (χ1) is 15.4. The van der Waals surface area contributed by atoms with E-state index in [1.165, 1.54) is 0 Å². The fourth-order valence-corrected chi connectivity index (χ4v) is 6.80. The van der Waals surface area contributed by atoms with E-state index < -0.39 is 10.0 Å². The fraction of sp³-hybridized carbons (Fsp3) is 0.500. The van der Waals surface area contributed by atoms with Crippen molar-refractivity contribution < 1.29 is 13.2 Å². The highest BCUT2D eigenvalue weighted by atomic mass is 35.5. The van der Waals surface area contributed by atoms with Gasteiger partial charge in [-0.05, 0) is 62.1 Å². The molecule has 2 heterocycles. The average molecular weight is 497 g/mol. The van der Waals surface area contributed by atoms with Gasteiger partial charge < -0.3 is 4.74 Å². The lowest BCUT2D eigenvalue weighted by atomic mass is 9.71. The molecule has 8 heteroatoms. The summed E-state index contributed by atoms with van der Waals surface area (Å²) >= 11 is 12.6. The SMILES string of the molecule is O=S(=O)(c1ccccc1)N1CCCC(CCCN2CCOCC2)(c2ccc(Cl)c(Cl)c2)C1. The standard InChI is InChI=1S/C24H30Cl2N2O3S/c25-22-9-8-20(18-23(22)26)24(10-4-12-27-14-16-31-17-15-27)11-5-13-28(19-24)32(29,30)21-6-2-1-3-7-21/h1-3,6-9,18H,4-5,10-17,19H2. The molecule has 0 saturated carbocycles. The van der Waals surface area contributed by atoms with Gasteiger partial charge in [-0.3, -0.25) is 4.90 Å². The Hall–Kier alpha value is -1.15. The Morgan fingerprint density at radius 2 is 1.72 bits per heavy atom. The molecule has 4 rings (SSSR count). The molecule has 1 atom stereocenters. The van der Waals surface area contributed by atoms with Gasteiger partial charge in [-0.1, -0.05) is 47.5 Å². The second kappa shape index (κ2) is 10.4. The molecule has 32 heavy (non-hydrogen) atoms. The Kier molecular flexibility index (Phi) is 7.81. The van der Waals surface area contributed by atoms with E-state index in [9.17, 15) is 8.42 Å². The Morgan fingerprint density at radius 3 is 2.44 bits per heavy atom. The number of rotatable bonds is 7. The van der Waals surface area contributed by atoms with Gasteiger partial charge in [0.05, 0.1) is 28.2 Å². The number of sulfonamides is 1. The number of hydrogen-bond acceptors (Lipinski definition) is 4. The van der Waals surface area contributed by atoms with Crippen LogP contribution in [0.25, 0.3) is 0 Å². The average Bonchev–Trinajstić information content (AvgIpc) is 2.82. The predicted molar refractivity (Wildman–Crippen MR) is 129 cm³/mol. The van der Waals surface area contributed by atoms with Crippen molar-refractivity contribution >= 4 is 33.2 Å². The Bertz CT molecular complexity index is 1010. The number of benzene rings is 2. The summed E-state index contributed by atoms with van der Waals surface area (Å²) in [6.07, 6.45) is 3.61. The number of morpholine rings is 1. The van der Waals surface area contributed by atoms with Crippen molar-refractivity contribution in [2.24, 2.45) is 0 Å². The number of hydrogen-bond donors (Lipinski definition) is 0. The van der Waals surface area contributed by atoms with Gasteiger partial charge in [-0.15, -0.1) is 0 Å². The van der Waals surface area contributed by atoms with Gasteiger partial charge in [0.1, 0.15) is 0 Å². The lowest BCUT2D eigenvalue weighted by Crippen LogP contribution is -2.49. The molecule has 2 aliphatic heterocycles. The summed E-state index contributed by atoms with van der Waals surface area (Å²) in [4.78, 5) is 2.77. The molecular weight excluding hydrogens is 467 g/mol. The molecule has 0 N–H and O–H groups in total. The van der Waals surface area contributed by atoms with E-state index in [4.69, 9.17) is 27.9 Å². The van der Waals surface area contributed by atoms with Crippen molar-refractivity contribution in [1.82, 2.24) is 9.21 Å². The molecule has 5 nitrogen and oxygen atoms in total. The molecule has 2 saturated heterocycles. The maximum atomic E-state index is 13.4. The van der Waals surface area contributed by atoms with E-state index in [0.717, 1.165) is 64.1 Å². The molecule has 0 radical (unpaired) electrons. The number of nitrogens with zero attached hydrogens (tertiary/aromatic N) is 2. The summed E-state index contributed by atoms with van der Waals surface area (Å²) in [5.41, 5.74) is 0.780. The minimum Gasteiger partial charge on any atom is -0.379 e. The summed E-state index contributed by atoms with van der Waals surface area (Å²) < 4.78 is 33.9. The zero-order valence-corrected chi connectivity index (χ0v) is 20.5. The lowest BCUT2D eigenvalue weighted by molar-refractivity contribution is 0.0358. The van der Waals surface area contributed by atoms with Gasteiger partial charge in [-0.25, -0.2) is 8.42 Å². The minimum absolute atomic E-state index is 0.291. The first kappa shape index (κ1) is 24.0. The molecular formula is C24H30Cl2N2O3S. The molecule has 0 amide bonds. The monoisotopic (exact) mass is 496 g/mol.